The summed E-state index contributed by atoms with van der Waals surface area (Å²) in [6, 6.07) is 6.48. The van der Waals surface area contributed by atoms with Gasteiger partial charge in [-0.15, -0.1) is 0 Å². The Kier molecular flexibility index (Phi) is 6.20. The van der Waals surface area contributed by atoms with E-state index in [0.717, 1.165) is 26.1 Å². The molecule has 2 nitrogen and oxygen atoms in total. The Bertz CT molecular complexity index is 466. The second-order valence-corrected chi connectivity index (χ2v) is 7.00. The van der Waals surface area contributed by atoms with Crippen LogP contribution in [-0.4, -0.2) is 30.1 Å². The number of benzene rings is 1. The Morgan fingerprint density at radius 3 is 2.81 bits per heavy atom. The normalized spacial score (nSPS) is 25.0. The molecule has 21 heavy (non-hydrogen) atoms. The molecular formula is C17H26BrFN2. The van der Waals surface area contributed by atoms with E-state index >= 15 is 0 Å². The largest absolute Gasteiger partial charge is 0.311 e. The van der Waals surface area contributed by atoms with Crippen molar-refractivity contribution in [1.82, 2.24) is 10.2 Å². The Morgan fingerprint density at radius 1 is 1.43 bits per heavy atom. The lowest BCUT2D eigenvalue weighted by Gasteiger charge is -2.43. The molecular weight excluding hydrogens is 331 g/mol. The maximum Gasteiger partial charge on any atom is 0.137 e. The van der Waals surface area contributed by atoms with E-state index < -0.39 is 0 Å². The fourth-order valence-electron chi connectivity index (χ4n) is 3.06. The molecule has 0 aliphatic carbocycles. The summed E-state index contributed by atoms with van der Waals surface area (Å²) in [6.07, 6.45) is 2.34. The zero-order valence-electron chi connectivity index (χ0n) is 13.2. The van der Waals surface area contributed by atoms with Crippen molar-refractivity contribution in [2.45, 2.75) is 52.2 Å². The molecule has 3 atom stereocenters. The number of nitrogens with one attached hydrogen (secondary N) is 1. The molecule has 1 aromatic rings. The Hall–Kier alpha value is -0.450. The number of halogens is 2. The molecule has 3 unspecified atom stereocenters. The van der Waals surface area contributed by atoms with Gasteiger partial charge in [0.15, 0.2) is 0 Å². The lowest BCUT2D eigenvalue weighted by Crippen LogP contribution is -2.57. The molecule has 0 aromatic heterocycles. The van der Waals surface area contributed by atoms with Crippen molar-refractivity contribution < 1.29 is 4.39 Å². The van der Waals surface area contributed by atoms with Crippen LogP contribution >= 0.6 is 15.9 Å². The molecule has 0 bridgehead atoms. The SMILES string of the molecule is CCC1CN(Cc2ccc(F)c(Br)c2)C(C(C)CC)CN1. The van der Waals surface area contributed by atoms with Gasteiger partial charge in [0.2, 0.25) is 0 Å². The van der Waals surface area contributed by atoms with Crippen LogP contribution in [0.25, 0.3) is 0 Å². The average molecular weight is 357 g/mol. The van der Waals surface area contributed by atoms with Gasteiger partial charge in [0.1, 0.15) is 5.82 Å². The summed E-state index contributed by atoms with van der Waals surface area (Å²) < 4.78 is 13.9. The van der Waals surface area contributed by atoms with Crippen LogP contribution in [-0.2, 0) is 6.54 Å². The van der Waals surface area contributed by atoms with Crippen molar-refractivity contribution in [3.05, 3.63) is 34.1 Å². The molecule has 1 aliphatic heterocycles. The molecule has 0 radical (unpaired) electrons. The zero-order chi connectivity index (χ0) is 15.4. The highest BCUT2D eigenvalue weighted by molar-refractivity contribution is 9.10. The van der Waals surface area contributed by atoms with E-state index in [4.69, 9.17) is 0 Å². The van der Waals surface area contributed by atoms with Gasteiger partial charge in [0, 0.05) is 31.7 Å². The fourth-order valence-corrected chi connectivity index (χ4v) is 3.49. The molecule has 4 heteroatoms. The smallest absolute Gasteiger partial charge is 0.137 e. The topological polar surface area (TPSA) is 15.3 Å². The lowest BCUT2D eigenvalue weighted by molar-refractivity contribution is 0.0832. The second-order valence-electron chi connectivity index (χ2n) is 6.14. The monoisotopic (exact) mass is 356 g/mol. The highest BCUT2D eigenvalue weighted by Crippen LogP contribution is 2.23. The van der Waals surface area contributed by atoms with Gasteiger partial charge in [-0.2, -0.15) is 0 Å². The molecule has 118 valence electrons. The van der Waals surface area contributed by atoms with E-state index in [9.17, 15) is 4.39 Å². The molecule has 2 rings (SSSR count). The maximum absolute atomic E-state index is 13.4. The van der Waals surface area contributed by atoms with Gasteiger partial charge in [-0.05, 0) is 46.0 Å². The van der Waals surface area contributed by atoms with Crippen molar-refractivity contribution in [1.29, 1.82) is 0 Å². The number of piperazine rings is 1. The van der Waals surface area contributed by atoms with Crippen LogP contribution in [0.3, 0.4) is 0 Å². The van der Waals surface area contributed by atoms with Gasteiger partial charge in [-0.25, -0.2) is 4.39 Å². The Morgan fingerprint density at radius 2 is 2.19 bits per heavy atom. The van der Waals surface area contributed by atoms with Crippen LogP contribution in [0, 0.1) is 11.7 Å². The summed E-state index contributed by atoms with van der Waals surface area (Å²) in [5.41, 5.74) is 1.17. The third kappa shape index (κ3) is 4.27. The van der Waals surface area contributed by atoms with Gasteiger partial charge < -0.3 is 5.32 Å². The van der Waals surface area contributed by atoms with Crippen LogP contribution in [0.5, 0.6) is 0 Å². The molecule has 1 aromatic carbocycles. The van der Waals surface area contributed by atoms with E-state index in [-0.39, 0.29) is 5.82 Å². The molecule has 0 amide bonds. The predicted octanol–water partition coefficient (Wildman–Crippen LogP) is 4.19. The Labute approximate surface area is 136 Å². The standard InChI is InChI=1S/C17H26BrFN2/c1-4-12(3)17-9-20-14(5-2)11-21(17)10-13-6-7-16(19)15(18)8-13/h6-8,12,14,17,20H,4-5,9-11H2,1-3H3. The van der Waals surface area contributed by atoms with Crippen LogP contribution in [0.4, 0.5) is 4.39 Å². The van der Waals surface area contributed by atoms with Crippen molar-refractivity contribution in [3.63, 3.8) is 0 Å². The Balaban J connectivity index is 2.12. The van der Waals surface area contributed by atoms with Crippen molar-refractivity contribution in [3.8, 4) is 0 Å². The highest BCUT2D eigenvalue weighted by atomic mass is 79.9. The quantitative estimate of drug-likeness (QED) is 0.850. The predicted molar refractivity (Wildman–Crippen MR) is 89.8 cm³/mol. The number of nitrogens with zero attached hydrogens (tertiary/aromatic N) is 1. The maximum atomic E-state index is 13.4. The number of rotatable bonds is 5. The van der Waals surface area contributed by atoms with Crippen LogP contribution in [0.15, 0.2) is 22.7 Å². The summed E-state index contributed by atoms with van der Waals surface area (Å²) in [5, 5.41) is 3.66. The molecule has 1 N–H and O–H groups in total. The third-order valence-electron chi connectivity index (χ3n) is 4.70. The lowest BCUT2D eigenvalue weighted by atomic mass is 9.93. The van der Waals surface area contributed by atoms with Crippen LogP contribution in [0.2, 0.25) is 0 Å². The first-order valence-electron chi connectivity index (χ1n) is 7.96. The van der Waals surface area contributed by atoms with E-state index in [0.29, 0.717) is 22.5 Å². The minimum Gasteiger partial charge on any atom is -0.311 e. The van der Waals surface area contributed by atoms with Crippen LogP contribution < -0.4 is 5.32 Å². The summed E-state index contributed by atoms with van der Waals surface area (Å²) in [6.45, 7) is 9.83. The number of hydrogen-bond acceptors (Lipinski definition) is 2. The van der Waals surface area contributed by atoms with E-state index in [2.05, 4.69) is 46.9 Å². The average Bonchev–Trinajstić information content (AvgIpc) is 2.50. The van der Waals surface area contributed by atoms with Gasteiger partial charge in [0.05, 0.1) is 4.47 Å². The summed E-state index contributed by atoms with van der Waals surface area (Å²) in [4.78, 5) is 2.57. The van der Waals surface area contributed by atoms with Gasteiger partial charge in [-0.1, -0.05) is 33.3 Å². The summed E-state index contributed by atoms with van der Waals surface area (Å²) >= 11 is 3.29. The first-order chi connectivity index (χ1) is 10.0. The van der Waals surface area contributed by atoms with E-state index in [1.165, 1.54) is 12.0 Å². The van der Waals surface area contributed by atoms with Gasteiger partial charge >= 0.3 is 0 Å². The van der Waals surface area contributed by atoms with Gasteiger partial charge in [0.25, 0.3) is 0 Å². The molecule has 1 aliphatic rings. The third-order valence-corrected chi connectivity index (χ3v) is 5.31. The molecule has 1 saturated heterocycles. The van der Waals surface area contributed by atoms with Gasteiger partial charge in [-0.3, -0.25) is 4.90 Å². The highest BCUT2D eigenvalue weighted by Gasteiger charge is 2.30. The minimum atomic E-state index is -0.191. The first kappa shape index (κ1) is 16.9. The molecule has 0 saturated carbocycles. The zero-order valence-corrected chi connectivity index (χ0v) is 14.8. The van der Waals surface area contributed by atoms with Crippen molar-refractivity contribution >= 4 is 15.9 Å². The summed E-state index contributed by atoms with van der Waals surface area (Å²) in [7, 11) is 0. The fraction of sp³-hybridized carbons (Fsp3) is 0.647. The molecule has 1 fully saturated rings. The van der Waals surface area contributed by atoms with E-state index in [1.807, 2.05) is 12.1 Å². The number of hydrogen-bond donors (Lipinski definition) is 1. The van der Waals surface area contributed by atoms with E-state index in [1.54, 1.807) is 6.07 Å². The van der Waals surface area contributed by atoms with Crippen molar-refractivity contribution in [2.24, 2.45) is 5.92 Å². The minimum absolute atomic E-state index is 0.191. The molecule has 1 heterocycles. The summed E-state index contributed by atoms with van der Waals surface area (Å²) in [5.74, 6) is 0.475. The molecule has 0 spiro atoms. The van der Waals surface area contributed by atoms with Crippen LogP contribution in [0.1, 0.15) is 39.2 Å². The van der Waals surface area contributed by atoms with Crippen molar-refractivity contribution in [2.75, 3.05) is 13.1 Å². The second kappa shape index (κ2) is 7.70. The first-order valence-corrected chi connectivity index (χ1v) is 8.75.